The second kappa shape index (κ2) is 6.03. The van der Waals surface area contributed by atoms with Crippen molar-refractivity contribution in [3.63, 3.8) is 0 Å². The van der Waals surface area contributed by atoms with Crippen molar-refractivity contribution in [2.75, 3.05) is 5.75 Å². The molecule has 0 spiro atoms. The van der Waals surface area contributed by atoms with Gasteiger partial charge in [-0.2, -0.15) is 0 Å². The Morgan fingerprint density at radius 2 is 2.27 bits per heavy atom. The van der Waals surface area contributed by atoms with Crippen LogP contribution >= 0.6 is 23.4 Å². The van der Waals surface area contributed by atoms with E-state index in [0.717, 1.165) is 4.90 Å². The molecule has 15 heavy (non-hydrogen) atoms. The fraction of sp³-hybridized carbons (Fsp3) is 0.364. The predicted octanol–water partition coefficient (Wildman–Crippen LogP) is 3.38. The maximum atomic E-state index is 11.2. The lowest BCUT2D eigenvalue weighted by Gasteiger charge is -2.07. The number of rotatable bonds is 4. The molecule has 0 heterocycles. The molecule has 82 valence electrons. The van der Waals surface area contributed by atoms with E-state index in [2.05, 4.69) is 0 Å². The molecule has 0 fully saturated rings. The van der Waals surface area contributed by atoms with Crippen LogP contribution in [0.3, 0.4) is 0 Å². The molecule has 0 saturated heterocycles. The summed E-state index contributed by atoms with van der Waals surface area (Å²) in [6.07, 6.45) is -0.0579. The Kier molecular flexibility index (Phi) is 4.99. The summed E-state index contributed by atoms with van der Waals surface area (Å²) < 4.78 is 5.01. The number of benzene rings is 1. The van der Waals surface area contributed by atoms with Crippen molar-refractivity contribution in [1.29, 1.82) is 0 Å². The van der Waals surface area contributed by atoms with Crippen LogP contribution in [0.1, 0.15) is 13.8 Å². The van der Waals surface area contributed by atoms with Crippen molar-refractivity contribution in [1.82, 2.24) is 0 Å². The van der Waals surface area contributed by atoms with Crippen molar-refractivity contribution < 1.29 is 9.53 Å². The first-order valence-corrected chi connectivity index (χ1v) is 6.02. The zero-order chi connectivity index (χ0) is 11.3. The van der Waals surface area contributed by atoms with Crippen molar-refractivity contribution in [3.8, 4) is 0 Å². The fourth-order valence-electron chi connectivity index (χ4n) is 0.996. The van der Waals surface area contributed by atoms with Crippen LogP contribution in [0.5, 0.6) is 0 Å². The van der Waals surface area contributed by atoms with Gasteiger partial charge in [-0.05, 0) is 32.0 Å². The molecule has 0 saturated carbocycles. The maximum Gasteiger partial charge on any atom is 0.316 e. The monoisotopic (exact) mass is 244 g/mol. The summed E-state index contributed by atoms with van der Waals surface area (Å²) in [7, 11) is 0. The quantitative estimate of drug-likeness (QED) is 0.600. The second-order valence-corrected chi connectivity index (χ2v) is 4.77. The molecule has 2 nitrogen and oxygen atoms in total. The molecule has 0 atom stereocenters. The van der Waals surface area contributed by atoms with Crippen molar-refractivity contribution >= 4 is 29.3 Å². The average Bonchev–Trinajstić information content (AvgIpc) is 2.14. The smallest absolute Gasteiger partial charge is 0.316 e. The Morgan fingerprint density at radius 1 is 1.53 bits per heavy atom. The minimum absolute atomic E-state index is 0.0579. The van der Waals surface area contributed by atoms with Gasteiger partial charge in [0.05, 0.1) is 11.9 Å². The third-order valence-electron chi connectivity index (χ3n) is 1.52. The molecule has 1 aromatic rings. The standard InChI is InChI=1S/C11H13ClO2S/c1-8(2)14-11(13)7-15-10-5-3-4-9(12)6-10/h3-6,8H,7H2,1-2H3. The van der Waals surface area contributed by atoms with Gasteiger partial charge < -0.3 is 4.74 Å². The van der Waals surface area contributed by atoms with E-state index in [-0.39, 0.29) is 12.1 Å². The van der Waals surface area contributed by atoms with Crippen LogP contribution in [0.4, 0.5) is 0 Å². The van der Waals surface area contributed by atoms with Gasteiger partial charge in [-0.1, -0.05) is 17.7 Å². The van der Waals surface area contributed by atoms with E-state index in [1.807, 2.05) is 32.0 Å². The van der Waals surface area contributed by atoms with Crippen LogP contribution in [0.2, 0.25) is 5.02 Å². The molecule has 0 bridgehead atoms. The largest absolute Gasteiger partial charge is 0.462 e. The van der Waals surface area contributed by atoms with E-state index >= 15 is 0 Å². The molecule has 0 aliphatic carbocycles. The number of esters is 1. The molecule has 0 unspecified atom stereocenters. The third-order valence-corrected chi connectivity index (χ3v) is 2.72. The summed E-state index contributed by atoms with van der Waals surface area (Å²) in [5, 5.41) is 0.678. The fourth-order valence-corrected chi connectivity index (χ4v) is 1.99. The molecule has 1 aromatic carbocycles. The molecule has 1 rings (SSSR count). The van der Waals surface area contributed by atoms with Crippen molar-refractivity contribution in [2.24, 2.45) is 0 Å². The first-order chi connectivity index (χ1) is 7.08. The minimum Gasteiger partial charge on any atom is -0.462 e. The van der Waals surface area contributed by atoms with Gasteiger partial charge in [0.1, 0.15) is 0 Å². The van der Waals surface area contributed by atoms with Crippen LogP contribution in [-0.2, 0) is 9.53 Å². The topological polar surface area (TPSA) is 26.3 Å². The molecule has 4 heteroatoms. The van der Waals surface area contributed by atoms with Gasteiger partial charge in [0, 0.05) is 9.92 Å². The minimum atomic E-state index is -0.199. The first kappa shape index (κ1) is 12.4. The summed E-state index contributed by atoms with van der Waals surface area (Å²) in [5.41, 5.74) is 0. The number of hydrogen-bond donors (Lipinski definition) is 0. The Hall–Kier alpha value is -0.670. The second-order valence-electron chi connectivity index (χ2n) is 3.28. The highest BCUT2D eigenvalue weighted by Crippen LogP contribution is 2.21. The Bertz CT molecular complexity index is 339. The zero-order valence-corrected chi connectivity index (χ0v) is 10.3. The highest BCUT2D eigenvalue weighted by Gasteiger charge is 2.06. The van der Waals surface area contributed by atoms with Crippen LogP contribution in [0.15, 0.2) is 29.2 Å². The van der Waals surface area contributed by atoms with Gasteiger partial charge in [0.15, 0.2) is 0 Å². The molecular formula is C11H13ClO2S. The van der Waals surface area contributed by atoms with Gasteiger partial charge in [0.2, 0.25) is 0 Å². The van der Waals surface area contributed by atoms with E-state index in [9.17, 15) is 4.79 Å². The lowest BCUT2D eigenvalue weighted by molar-refractivity contribution is -0.144. The molecule has 0 aromatic heterocycles. The number of carbonyl (C=O) groups is 1. The number of carbonyl (C=O) groups excluding carboxylic acids is 1. The number of thioether (sulfide) groups is 1. The Labute approximate surface area is 99.0 Å². The van der Waals surface area contributed by atoms with E-state index in [4.69, 9.17) is 16.3 Å². The van der Waals surface area contributed by atoms with E-state index in [0.29, 0.717) is 10.8 Å². The molecular weight excluding hydrogens is 232 g/mol. The molecule has 0 radical (unpaired) electrons. The van der Waals surface area contributed by atoms with Crippen LogP contribution in [0, 0.1) is 0 Å². The molecule has 0 amide bonds. The van der Waals surface area contributed by atoms with Gasteiger partial charge in [-0.25, -0.2) is 0 Å². The summed E-state index contributed by atoms with van der Waals surface area (Å²) in [5.74, 6) is 0.119. The van der Waals surface area contributed by atoms with Gasteiger partial charge in [-0.15, -0.1) is 11.8 Å². The van der Waals surface area contributed by atoms with Crippen LogP contribution in [0.25, 0.3) is 0 Å². The van der Waals surface area contributed by atoms with Crippen molar-refractivity contribution in [2.45, 2.75) is 24.8 Å². The van der Waals surface area contributed by atoms with Gasteiger partial charge in [0.25, 0.3) is 0 Å². The molecule has 0 aliphatic rings. The molecule has 0 aliphatic heterocycles. The normalized spacial score (nSPS) is 10.4. The Balaban J connectivity index is 2.40. The van der Waals surface area contributed by atoms with E-state index in [1.165, 1.54) is 11.8 Å². The SMILES string of the molecule is CC(C)OC(=O)CSc1cccc(Cl)c1. The third kappa shape index (κ3) is 5.09. The summed E-state index contributed by atoms with van der Waals surface area (Å²) in [4.78, 5) is 12.2. The van der Waals surface area contributed by atoms with E-state index < -0.39 is 0 Å². The zero-order valence-electron chi connectivity index (χ0n) is 8.70. The average molecular weight is 245 g/mol. The summed E-state index contributed by atoms with van der Waals surface area (Å²) >= 11 is 7.24. The van der Waals surface area contributed by atoms with E-state index in [1.54, 1.807) is 6.07 Å². The lowest BCUT2D eigenvalue weighted by atomic mass is 10.4. The highest BCUT2D eigenvalue weighted by molar-refractivity contribution is 8.00. The number of hydrogen-bond acceptors (Lipinski definition) is 3. The first-order valence-electron chi connectivity index (χ1n) is 4.66. The lowest BCUT2D eigenvalue weighted by Crippen LogP contribution is -2.13. The summed E-state index contributed by atoms with van der Waals surface area (Å²) in [6, 6.07) is 7.41. The highest BCUT2D eigenvalue weighted by atomic mass is 35.5. The molecule has 0 N–H and O–H groups in total. The van der Waals surface area contributed by atoms with Gasteiger partial charge in [-0.3, -0.25) is 4.79 Å². The predicted molar refractivity (Wildman–Crippen MR) is 63.4 cm³/mol. The maximum absolute atomic E-state index is 11.2. The Morgan fingerprint density at radius 3 is 2.87 bits per heavy atom. The number of ether oxygens (including phenoxy) is 1. The van der Waals surface area contributed by atoms with Crippen LogP contribution in [-0.4, -0.2) is 17.8 Å². The number of halogens is 1. The van der Waals surface area contributed by atoms with Gasteiger partial charge >= 0.3 is 5.97 Å². The summed E-state index contributed by atoms with van der Waals surface area (Å²) in [6.45, 7) is 3.67. The van der Waals surface area contributed by atoms with Crippen molar-refractivity contribution in [3.05, 3.63) is 29.3 Å². The van der Waals surface area contributed by atoms with Crippen LogP contribution < -0.4 is 0 Å².